The van der Waals surface area contributed by atoms with Crippen molar-refractivity contribution in [2.75, 3.05) is 12.0 Å². The van der Waals surface area contributed by atoms with Crippen LogP contribution < -0.4 is 5.73 Å². The van der Waals surface area contributed by atoms with Crippen LogP contribution in [0.3, 0.4) is 0 Å². The Kier molecular flexibility index (Phi) is 4.02. The Morgan fingerprint density at radius 2 is 2.35 bits per heavy atom. The predicted molar refractivity (Wildman–Crippen MR) is 73.1 cm³/mol. The Bertz CT molecular complexity index is 494. The van der Waals surface area contributed by atoms with Gasteiger partial charge >= 0.3 is 0 Å². The summed E-state index contributed by atoms with van der Waals surface area (Å²) in [6.45, 7) is 3.01. The smallest absolute Gasteiger partial charge is 0.126 e. The molecule has 2 rings (SSSR count). The molecule has 0 radical (unpaired) electrons. The predicted octanol–water partition coefficient (Wildman–Crippen LogP) is 2.20. The van der Waals surface area contributed by atoms with Gasteiger partial charge in [-0.1, -0.05) is 0 Å². The molecule has 5 heteroatoms. The maximum Gasteiger partial charge on any atom is 0.126 e. The van der Waals surface area contributed by atoms with Crippen molar-refractivity contribution in [1.29, 1.82) is 0 Å². The molecule has 0 aromatic carbocycles. The van der Waals surface area contributed by atoms with E-state index < -0.39 is 0 Å². The number of imidazole rings is 1. The molecule has 17 heavy (non-hydrogen) atoms. The minimum absolute atomic E-state index is 0.00907. The van der Waals surface area contributed by atoms with Crippen LogP contribution in [0.25, 0.3) is 11.0 Å². The van der Waals surface area contributed by atoms with Crippen molar-refractivity contribution in [3.05, 3.63) is 24.3 Å². The Morgan fingerprint density at radius 1 is 1.53 bits per heavy atom. The molecule has 2 heterocycles. The lowest BCUT2D eigenvalue weighted by molar-refractivity contribution is 0.601. The zero-order valence-corrected chi connectivity index (χ0v) is 11.1. The van der Waals surface area contributed by atoms with E-state index >= 15 is 0 Å². The largest absolute Gasteiger partial charge is 0.327 e. The number of thioether (sulfide) groups is 1. The molecular weight excluding hydrogens is 232 g/mol. The second-order valence-electron chi connectivity index (χ2n) is 3.97. The summed E-state index contributed by atoms with van der Waals surface area (Å²) in [5, 5.41) is 0. The van der Waals surface area contributed by atoms with Crippen LogP contribution in [0.4, 0.5) is 0 Å². The molecule has 0 bridgehead atoms. The first-order valence-electron chi connectivity index (χ1n) is 5.82. The van der Waals surface area contributed by atoms with Crippen LogP contribution >= 0.6 is 11.8 Å². The third-order valence-corrected chi connectivity index (χ3v) is 3.50. The fraction of sp³-hybridized carbons (Fsp3) is 0.500. The highest BCUT2D eigenvalue weighted by Gasteiger charge is 2.15. The second-order valence-corrected chi connectivity index (χ2v) is 4.95. The molecular formula is C12H18N4S. The zero-order chi connectivity index (χ0) is 12.3. The first-order valence-corrected chi connectivity index (χ1v) is 7.22. The van der Waals surface area contributed by atoms with Crippen LogP contribution in [0.1, 0.15) is 25.2 Å². The van der Waals surface area contributed by atoms with Crippen LogP contribution in [-0.4, -0.2) is 26.5 Å². The van der Waals surface area contributed by atoms with E-state index in [0.717, 1.165) is 35.6 Å². The van der Waals surface area contributed by atoms with E-state index in [2.05, 4.69) is 27.7 Å². The van der Waals surface area contributed by atoms with E-state index in [1.165, 1.54) is 0 Å². The summed E-state index contributed by atoms with van der Waals surface area (Å²) in [7, 11) is 0. The van der Waals surface area contributed by atoms with Crippen molar-refractivity contribution in [2.45, 2.75) is 25.9 Å². The number of fused-ring (bicyclic) bond motifs is 1. The van der Waals surface area contributed by atoms with Gasteiger partial charge in [-0.25, -0.2) is 4.98 Å². The van der Waals surface area contributed by atoms with Crippen molar-refractivity contribution >= 4 is 22.8 Å². The molecule has 0 aliphatic rings. The van der Waals surface area contributed by atoms with Crippen LogP contribution in [0.15, 0.2) is 18.5 Å². The number of aryl methyl sites for hydroxylation is 1. The molecule has 2 aromatic heterocycles. The lowest BCUT2D eigenvalue weighted by Crippen LogP contribution is -2.17. The Morgan fingerprint density at radius 3 is 3.06 bits per heavy atom. The summed E-state index contributed by atoms with van der Waals surface area (Å²) < 4.78 is 2.18. The summed E-state index contributed by atoms with van der Waals surface area (Å²) in [6, 6.07) is 2.01. The molecule has 4 nitrogen and oxygen atoms in total. The van der Waals surface area contributed by atoms with Gasteiger partial charge in [0.15, 0.2) is 0 Å². The van der Waals surface area contributed by atoms with Gasteiger partial charge in [-0.2, -0.15) is 11.8 Å². The highest BCUT2D eigenvalue weighted by molar-refractivity contribution is 7.98. The number of pyridine rings is 1. The van der Waals surface area contributed by atoms with Crippen molar-refractivity contribution < 1.29 is 0 Å². The monoisotopic (exact) mass is 250 g/mol. The minimum atomic E-state index is 0.00907. The third kappa shape index (κ3) is 2.45. The summed E-state index contributed by atoms with van der Waals surface area (Å²) in [5.41, 5.74) is 8.26. The lowest BCUT2D eigenvalue weighted by Gasteiger charge is -2.12. The molecule has 2 aromatic rings. The normalized spacial score (nSPS) is 13.1. The van der Waals surface area contributed by atoms with E-state index in [1.54, 1.807) is 12.4 Å². The van der Waals surface area contributed by atoms with E-state index in [0.29, 0.717) is 0 Å². The standard InChI is InChI=1S/C12H18N4S/c1-3-16-11-4-6-14-8-10(11)15-12(16)9(13)5-7-17-2/h4,6,8-9H,3,5,7,13H2,1-2H3. The van der Waals surface area contributed by atoms with Gasteiger partial charge in [-0.05, 0) is 31.4 Å². The molecule has 0 spiro atoms. The molecule has 92 valence electrons. The summed E-state index contributed by atoms with van der Waals surface area (Å²) in [6.07, 6.45) is 6.65. The van der Waals surface area contributed by atoms with E-state index in [4.69, 9.17) is 5.73 Å². The molecule has 0 saturated heterocycles. The number of nitrogens with two attached hydrogens (primary N) is 1. The fourth-order valence-electron chi connectivity index (χ4n) is 1.99. The van der Waals surface area contributed by atoms with Gasteiger partial charge < -0.3 is 10.3 Å². The van der Waals surface area contributed by atoms with E-state index in [9.17, 15) is 0 Å². The summed E-state index contributed by atoms with van der Waals surface area (Å²) >= 11 is 1.82. The molecule has 0 amide bonds. The first kappa shape index (κ1) is 12.4. The van der Waals surface area contributed by atoms with Gasteiger partial charge in [0, 0.05) is 12.7 Å². The third-order valence-electron chi connectivity index (χ3n) is 2.86. The maximum absolute atomic E-state index is 6.20. The lowest BCUT2D eigenvalue weighted by atomic mass is 10.2. The number of nitrogens with zero attached hydrogens (tertiary/aromatic N) is 3. The maximum atomic E-state index is 6.20. The van der Waals surface area contributed by atoms with Gasteiger partial charge in [0.05, 0.1) is 17.8 Å². The molecule has 0 aliphatic carbocycles. The van der Waals surface area contributed by atoms with Gasteiger partial charge in [0.1, 0.15) is 11.3 Å². The van der Waals surface area contributed by atoms with Crippen LogP contribution in [0, 0.1) is 0 Å². The Hall–Kier alpha value is -1.07. The average Bonchev–Trinajstić information content (AvgIpc) is 2.74. The number of rotatable bonds is 5. The topological polar surface area (TPSA) is 56.7 Å². The van der Waals surface area contributed by atoms with E-state index in [1.807, 2.05) is 17.8 Å². The number of aromatic nitrogens is 3. The number of hydrogen-bond donors (Lipinski definition) is 1. The second kappa shape index (κ2) is 5.51. The fourth-order valence-corrected chi connectivity index (χ4v) is 2.48. The van der Waals surface area contributed by atoms with Gasteiger partial charge in [0.25, 0.3) is 0 Å². The van der Waals surface area contributed by atoms with Crippen molar-refractivity contribution in [2.24, 2.45) is 5.73 Å². The first-order chi connectivity index (χ1) is 8.27. The van der Waals surface area contributed by atoms with Crippen LogP contribution in [0.5, 0.6) is 0 Å². The molecule has 0 saturated carbocycles. The molecule has 0 aliphatic heterocycles. The number of hydrogen-bond acceptors (Lipinski definition) is 4. The zero-order valence-electron chi connectivity index (χ0n) is 10.3. The van der Waals surface area contributed by atoms with Crippen molar-refractivity contribution in [3.8, 4) is 0 Å². The van der Waals surface area contributed by atoms with Crippen LogP contribution in [-0.2, 0) is 6.54 Å². The van der Waals surface area contributed by atoms with E-state index in [-0.39, 0.29) is 6.04 Å². The van der Waals surface area contributed by atoms with Crippen molar-refractivity contribution in [3.63, 3.8) is 0 Å². The Balaban J connectivity index is 2.38. The highest BCUT2D eigenvalue weighted by Crippen LogP contribution is 2.21. The minimum Gasteiger partial charge on any atom is -0.327 e. The van der Waals surface area contributed by atoms with Gasteiger partial charge in [-0.15, -0.1) is 0 Å². The molecule has 2 N–H and O–H groups in total. The Labute approximate surface area is 106 Å². The molecule has 0 fully saturated rings. The average molecular weight is 250 g/mol. The van der Waals surface area contributed by atoms with Gasteiger partial charge in [0.2, 0.25) is 0 Å². The van der Waals surface area contributed by atoms with Crippen molar-refractivity contribution in [1.82, 2.24) is 14.5 Å². The quantitative estimate of drug-likeness (QED) is 0.884. The highest BCUT2D eigenvalue weighted by atomic mass is 32.2. The summed E-state index contributed by atoms with van der Waals surface area (Å²) in [5.74, 6) is 2.04. The van der Waals surface area contributed by atoms with Gasteiger partial charge in [-0.3, -0.25) is 4.98 Å². The molecule has 1 atom stereocenters. The van der Waals surface area contributed by atoms with Crippen LogP contribution in [0.2, 0.25) is 0 Å². The molecule has 1 unspecified atom stereocenters. The summed E-state index contributed by atoms with van der Waals surface area (Å²) in [4.78, 5) is 8.70. The SMILES string of the molecule is CCn1c(C(N)CCSC)nc2cnccc21.